The average molecular weight is 445 g/mol. The molecule has 2 heterocycles. The Morgan fingerprint density at radius 1 is 1.23 bits per heavy atom. The van der Waals surface area contributed by atoms with Crippen molar-refractivity contribution in [2.24, 2.45) is 0 Å². The number of alkyl halides is 3. The zero-order chi connectivity index (χ0) is 18.7. The zero-order valence-corrected chi connectivity index (χ0v) is 15.5. The van der Waals surface area contributed by atoms with Crippen LogP contribution in [0.5, 0.6) is 0 Å². The number of anilines is 1. The molecule has 0 unspecified atom stereocenters. The lowest BCUT2D eigenvalue weighted by molar-refractivity contribution is -0.141. The average Bonchev–Trinajstić information content (AvgIpc) is 3.19. The lowest BCUT2D eigenvalue weighted by Crippen LogP contribution is -2.19. The number of nitrogens with one attached hydrogen (secondary N) is 1. The second-order valence-corrected chi connectivity index (χ2v) is 7.41. The molecule has 3 aromatic rings. The summed E-state index contributed by atoms with van der Waals surface area (Å²) in [6.07, 6.45) is -1.07. The van der Waals surface area contributed by atoms with Crippen LogP contribution in [-0.4, -0.2) is 20.7 Å². The number of benzene rings is 1. The van der Waals surface area contributed by atoms with Crippen molar-refractivity contribution in [2.45, 2.75) is 19.1 Å². The van der Waals surface area contributed by atoms with E-state index in [4.69, 9.17) is 0 Å². The first-order chi connectivity index (χ1) is 12.3. The van der Waals surface area contributed by atoms with E-state index < -0.39 is 17.8 Å². The summed E-state index contributed by atoms with van der Waals surface area (Å²) in [5.74, 6) is -0.494. The number of hydrogen-bond donors (Lipinski definition) is 1. The van der Waals surface area contributed by atoms with Crippen molar-refractivity contribution in [2.75, 3.05) is 5.32 Å². The van der Waals surface area contributed by atoms with Crippen LogP contribution in [-0.2, 0) is 23.9 Å². The van der Waals surface area contributed by atoms with E-state index in [1.54, 1.807) is 6.20 Å². The molecule has 1 N–H and O–H groups in total. The van der Waals surface area contributed by atoms with Gasteiger partial charge < -0.3 is 5.32 Å². The molecule has 0 aliphatic carbocycles. The Kier molecular flexibility index (Phi) is 5.42. The van der Waals surface area contributed by atoms with Crippen molar-refractivity contribution in [3.63, 3.8) is 0 Å². The standard InChI is InChI=1S/C16H12BrF3N4OS/c17-11-3-1-10(2-4-11)7-12-8-21-15(26-12)22-14(25)9-24-6-5-13(23-24)16(18,19)20/h1-6,8H,7,9H2,(H,21,22,25). The second-order valence-electron chi connectivity index (χ2n) is 5.38. The maximum Gasteiger partial charge on any atom is 0.435 e. The Balaban J connectivity index is 1.57. The molecule has 0 aliphatic heterocycles. The molecule has 2 aromatic heterocycles. The predicted molar refractivity (Wildman–Crippen MR) is 94.9 cm³/mol. The van der Waals surface area contributed by atoms with Crippen LogP contribution >= 0.6 is 27.3 Å². The van der Waals surface area contributed by atoms with Gasteiger partial charge in [-0.25, -0.2) is 4.98 Å². The van der Waals surface area contributed by atoms with Gasteiger partial charge in [-0.1, -0.05) is 28.1 Å². The minimum atomic E-state index is -4.53. The van der Waals surface area contributed by atoms with Gasteiger partial charge in [-0.05, 0) is 23.8 Å². The van der Waals surface area contributed by atoms with Crippen LogP contribution in [0.25, 0.3) is 0 Å². The van der Waals surface area contributed by atoms with Gasteiger partial charge in [-0.15, -0.1) is 11.3 Å². The van der Waals surface area contributed by atoms with Crippen LogP contribution in [0.15, 0.2) is 47.2 Å². The minimum Gasteiger partial charge on any atom is -0.300 e. The van der Waals surface area contributed by atoms with Gasteiger partial charge in [0.05, 0.1) is 0 Å². The number of hydrogen-bond acceptors (Lipinski definition) is 4. The minimum absolute atomic E-state index is 0.322. The van der Waals surface area contributed by atoms with Crippen LogP contribution in [0.4, 0.5) is 18.3 Å². The highest BCUT2D eigenvalue weighted by Crippen LogP contribution is 2.27. The normalized spacial score (nSPS) is 11.5. The third kappa shape index (κ3) is 4.92. The molecule has 0 bridgehead atoms. The Morgan fingerprint density at radius 2 is 1.96 bits per heavy atom. The maximum atomic E-state index is 12.5. The molecule has 10 heteroatoms. The van der Waals surface area contributed by atoms with Crippen molar-refractivity contribution in [1.82, 2.24) is 14.8 Å². The highest BCUT2D eigenvalue weighted by atomic mass is 79.9. The van der Waals surface area contributed by atoms with Gasteiger partial charge in [-0.3, -0.25) is 9.48 Å². The summed E-state index contributed by atoms with van der Waals surface area (Å²) in [5.41, 5.74) is 0.0716. The third-order valence-electron chi connectivity index (χ3n) is 3.33. The van der Waals surface area contributed by atoms with Crippen molar-refractivity contribution in [3.05, 3.63) is 63.3 Å². The number of aromatic nitrogens is 3. The summed E-state index contributed by atoms with van der Waals surface area (Å²) in [5, 5.41) is 6.31. The number of rotatable bonds is 5. The summed E-state index contributed by atoms with van der Waals surface area (Å²) >= 11 is 4.69. The number of carbonyl (C=O) groups excluding carboxylic acids is 1. The van der Waals surface area contributed by atoms with Crippen molar-refractivity contribution >= 4 is 38.3 Å². The van der Waals surface area contributed by atoms with Gasteiger partial charge in [0.1, 0.15) is 6.54 Å². The third-order valence-corrected chi connectivity index (χ3v) is 4.77. The van der Waals surface area contributed by atoms with Crippen LogP contribution in [0.2, 0.25) is 0 Å². The highest BCUT2D eigenvalue weighted by molar-refractivity contribution is 9.10. The maximum absolute atomic E-state index is 12.5. The van der Waals surface area contributed by atoms with E-state index in [9.17, 15) is 18.0 Å². The Bertz CT molecular complexity index is 905. The Morgan fingerprint density at radius 3 is 2.62 bits per heavy atom. The lowest BCUT2D eigenvalue weighted by atomic mass is 10.1. The number of carbonyl (C=O) groups is 1. The molecule has 0 fully saturated rings. The molecule has 3 rings (SSSR count). The quantitative estimate of drug-likeness (QED) is 0.636. The monoisotopic (exact) mass is 444 g/mol. The second kappa shape index (κ2) is 7.58. The molecule has 26 heavy (non-hydrogen) atoms. The van der Waals surface area contributed by atoms with Gasteiger partial charge >= 0.3 is 6.18 Å². The van der Waals surface area contributed by atoms with E-state index in [0.29, 0.717) is 11.6 Å². The summed E-state index contributed by atoms with van der Waals surface area (Å²) in [6, 6.07) is 8.68. The highest BCUT2D eigenvalue weighted by Gasteiger charge is 2.33. The topological polar surface area (TPSA) is 59.8 Å². The molecule has 1 amide bonds. The number of amides is 1. The molecule has 136 valence electrons. The molecule has 0 aliphatic rings. The Labute approximate surface area is 159 Å². The predicted octanol–water partition coefficient (Wildman–Crippen LogP) is 4.35. The molecule has 0 saturated carbocycles. The van der Waals surface area contributed by atoms with E-state index in [2.05, 4.69) is 31.3 Å². The van der Waals surface area contributed by atoms with Crippen LogP contribution in [0.1, 0.15) is 16.1 Å². The first kappa shape index (κ1) is 18.6. The Hall–Kier alpha value is -2.20. The first-order valence-corrected chi connectivity index (χ1v) is 9.00. The molecule has 0 radical (unpaired) electrons. The molecular weight excluding hydrogens is 433 g/mol. The molecule has 0 saturated heterocycles. The first-order valence-electron chi connectivity index (χ1n) is 7.39. The van der Waals surface area contributed by atoms with Gasteiger partial charge in [0.15, 0.2) is 10.8 Å². The van der Waals surface area contributed by atoms with E-state index >= 15 is 0 Å². The number of thiazole rings is 1. The van der Waals surface area contributed by atoms with Crippen LogP contribution < -0.4 is 5.32 Å². The van der Waals surface area contributed by atoms with Crippen molar-refractivity contribution in [3.8, 4) is 0 Å². The zero-order valence-electron chi connectivity index (χ0n) is 13.1. The molecular formula is C16H12BrF3N4OS. The molecule has 1 aromatic carbocycles. The SMILES string of the molecule is O=C(Cn1ccc(C(F)(F)F)n1)Nc1ncc(Cc2ccc(Br)cc2)s1. The van der Waals surface area contributed by atoms with E-state index in [1.807, 2.05) is 24.3 Å². The largest absolute Gasteiger partial charge is 0.435 e. The summed E-state index contributed by atoms with van der Waals surface area (Å²) in [7, 11) is 0. The summed E-state index contributed by atoms with van der Waals surface area (Å²) < 4.78 is 39.4. The fourth-order valence-electron chi connectivity index (χ4n) is 2.16. The molecule has 0 atom stereocenters. The fourth-order valence-corrected chi connectivity index (χ4v) is 3.28. The smallest absolute Gasteiger partial charge is 0.300 e. The van der Waals surface area contributed by atoms with Crippen LogP contribution in [0.3, 0.4) is 0 Å². The van der Waals surface area contributed by atoms with E-state index in [-0.39, 0.29) is 6.54 Å². The lowest BCUT2D eigenvalue weighted by Gasteiger charge is -2.03. The number of halogens is 4. The summed E-state index contributed by atoms with van der Waals surface area (Å²) in [6.45, 7) is -0.322. The van der Waals surface area contributed by atoms with Crippen molar-refractivity contribution < 1.29 is 18.0 Å². The molecule has 0 spiro atoms. The fraction of sp³-hybridized carbons (Fsp3) is 0.188. The van der Waals surface area contributed by atoms with Crippen LogP contribution in [0, 0.1) is 0 Å². The van der Waals surface area contributed by atoms with Gasteiger partial charge in [0.25, 0.3) is 0 Å². The van der Waals surface area contributed by atoms with Gasteiger partial charge in [-0.2, -0.15) is 18.3 Å². The van der Waals surface area contributed by atoms with E-state index in [1.165, 1.54) is 11.3 Å². The summed E-state index contributed by atoms with van der Waals surface area (Å²) in [4.78, 5) is 17.0. The number of nitrogens with zero attached hydrogens (tertiary/aromatic N) is 3. The van der Waals surface area contributed by atoms with Gasteiger partial charge in [0.2, 0.25) is 5.91 Å². The molecule has 5 nitrogen and oxygen atoms in total. The van der Waals surface area contributed by atoms with E-state index in [0.717, 1.165) is 31.9 Å². The van der Waals surface area contributed by atoms with Gasteiger partial charge in [0, 0.05) is 28.2 Å². The van der Waals surface area contributed by atoms with Crippen molar-refractivity contribution in [1.29, 1.82) is 0 Å².